The summed E-state index contributed by atoms with van der Waals surface area (Å²) in [5.41, 5.74) is 4.32. The predicted octanol–water partition coefficient (Wildman–Crippen LogP) is 3.00. The summed E-state index contributed by atoms with van der Waals surface area (Å²) in [5.74, 6) is -3.11. The van der Waals surface area contributed by atoms with E-state index in [0.29, 0.717) is 12.8 Å². The number of hydrogen-bond donors (Lipinski definition) is 2. The molecule has 1 aromatic rings. The molecule has 0 spiro atoms. The highest BCUT2D eigenvalue weighted by Gasteiger charge is 2.54. The van der Waals surface area contributed by atoms with Gasteiger partial charge in [0.05, 0.1) is 5.41 Å². The van der Waals surface area contributed by atoms with E-state index in [1.54, 1.807) is 0 Å². The molecule has 2 nitrogen and oxygen atoms in total. The minimum absolute atomic E-state index is 0.0182. The number of aromatic hydroxyl groups is 1. The average Bonchev–Trinajstić information content (AvgIpc) is 2.79. The Bertz CT molecular complexity index is 400. The van der Waals surface area contributed by atoms with E-state index in [9.17, 15) is 13.9 Å². The van der Waals surface area contributed by atoms with Gasteiger partial charge in [-0.2, -0.15) is 0 Å². The number of hydrogen-bond acceptors (Lipinski definition) is 2. The molecule has 3 N–H and O–H groups in total. The molecule has 1 aliphatic rings. The Hall–Kier alpha value is -1.16. The molecule has 4 heteroatoms. The van der Waals surface area contributed by atoms with Crippen molar-refractivity contribution in [3.8, 4) is 5.75 Å². The summed E-state index contributed by atoms with van der Waals surface area (Å²) in [7, 11) is 0. The normalized spacial score (nSPS) is 19.5. The van der Waals surface area contributed by atoms with Crippen LogP contribution in [0.15, 0.2) is 24.3 Å². The molecule has 0 saturated heterocycles. The van der Waals surface area contributed by atoms with Crippen LogP contribution in [-0.4, -0.2) is 11.7 Å². The van der Waals surface area contributed by atoms with Gasteiger partial charge in [-0.3, -0.25) is 0 Å². The third kappa shape index (κ3) is 1.90. The van der Waals surface area contributed by atoms with Crippen molar-refractivity contribution < 1.29 is 13.9 Å². The average molecular weight is 241 g/mol. The van der Waals surface area contributed by atoms with Crippen LogP contribution in [0.5, 0.6) is 5.75 Å². The van der Waals surface area contributed by atoms with Crippen LogP contribution in [0, 0.1) is 5.41 Å². The lowest BCUT2D eigenvalue weighted by Gasteiger charge is -2.36. The molecule has 17 heavy (non-hydrogen) atoms. The zero-order chi connectivity index (χ0) is 12.5. The summed E-state index contributed by atoms with van der Waals surface area (Å²) >= 11 is 0. The van der Waals surface area contributed by atoms with Crippen molar-refractivity contribution in [1.29, 1.82) is 0 Å². The largest absolute Gasteiger partial charge is 0.508 e. The number of phenols is 1. The Balaban J connectivity index is 2.40. The second-order valence-corrected chi connectivity index (χ2v) is 4.82. The van der Waals surface area contributed by atoms with Crippen LogP contribution in [-0.2, 0) is 5.92 Å². The maximum atomic E-state index is 14.5. The van der Waals surface area contributed by atoms with Crippen LogP contribution in [0.1, 0.15) is 31.2 Å². The Morgan fingerprint density at radius 2 is 1.94 bits per heavy atom. The number of halogens is 2. The molecule has 1 aromatic carbocycles. The van der Waals surface area contributed by atoms with Crippen molar-refractivity contribution in [1.82, 2.24) is 0 Å². The minimum Gasteiger partial charge on any atom is -0.508 e. The molecular weight excluding hydrogens is 224 g/mol. The number of rotatable bonds is 3. The van der Waals surface area contributed by atoms with Gasteiger partial charge >= 0.3 is 0 Å². The van der Waals surface area contributed by atoms with Crippen molar-refractivity contribution in [2.45, 2.75) is 31.6 Å². The lowest BCUT2D eigenvalue weighted by Crippen LogP contribution is -2.43. The summed E-state index contributed by atoms with van der Waals surface area (Å²) < 4.78 is 29.0. The summed E-state index contributed by atoms with van der Waals surface area (Å²) in [6, 6.07) is 5.33. The van der Waals surface area contributed by atoms with Gasteiger partial charge in [0.25, 0.3) is 5.92 Å². The Labute approximate surface area is 99.4 Å². The Kier molecular flexibility index (Phi) is 3.08. The fourth-order valence-corrected chi connectivity index (χ4v) is 2.71. The third-order valence-corrected chi connectivity index (χ3v) is 3.83. The van der Waals surface area contributed by atoms with Crippen molar-refractivity contribution in [2.75, 3.05) is 6.54 Å². The molecule has 0 amide bonds. The Morgan fingerprint density at radius 1 is 1.29 bits per heavy atom. The maximum Gasteiger partial charge on any atom is 0.280 e. The molecule has 2 rings (SSSR count). The molecule has 1 aliphatic carbocycles. The number of nitrogens with two attached hydrogens (primary N) is 1. The summed E-state index contributed by atoms with van der Waals surface area (Å²) in [4.78, 5) is 0. The first-order chi connectivity index (χ1) is 8.02. The van der Waals surface area contributed by atoms with Gasteiger partial charge in [0.1, 0.15) is 5.75 Å². The highest BCUT2D eigenvalue weighted by Crippen LogP contribution is 2.54. The lowest BCUT2D eigenvalue weighted by molar-refractivity contribution is -0.124. The number of alkyl halides is 2. The SMILES string of the molecule is NCC1(C(F)(F)c2cccc(O)c2)CCCC1. The molecule has 0 heterocycles. The fraction of sp³-hybridized carbons (Fsp3) is 0.538. The van der Waals surface area contributed by atoms with Gasteiger partial charge < -0.3 is 10.8 Å². The molecule has 0 aliphatic heterocycles. The highest BCUT2D eigenvalue weighted by atomic mass is 19.3. The molecule has 1 saturated carbocycles. The van der Waals surface area contributed by atoms with Crippen LogP contribution < -0.4 is 5.73 Å². The van der Waals surface area contributed by atoms with Crippen LogP contribution in [0.2, 0.25) is 0 Å². The zero-order valence-corrected chi connectivity index (χ0v) is 9.63. The minimum atomic E-state index is -2.98. The van der Waals surface area contributed by atoms with E-state index >= 15 is 0 Å². The summed E-state index contributed by atoms with van der Waals surface area (Å²) in [6.07, 6.45) is 2.50. The van der Waals surface area contributed by atoms with E-state index in [1.807, 2.05) is 0 Å². The van der Waals surface area contributed by atoms with E-state index in [-0.39, 0.29) is 17.9 Å². The van der Waals surface area contributed by atoms with E-state index in [0.717, 1.165) is 18.9 Å². The van der Waals surface area contributed by atoms with Crippen LogP contribution >= 0.6 is 0 Å². The summed E-state index contributed by atoms with van der Waals surface area (Å²) in [6.45, 7) is -0.0182. The van der Waals surface area contributed by atoms with Crippen LogP contribution in [0.3, 0.4) is 0 Å². The molecular formula is C13H17F2NO. The maximum absolute atomic E-state index is 14.5. The standard InChI is InChI=1S/C13H17F2NO/c14-13(15,10-4-3-5-11(17)8-10)12(9-16)6-1-2-7-12/h3-5,8,17H,1-2,6-7,9,16H2. The first kappa shape index (κ1) is 12.3. The van der Waals surface area contributed by atoms with Crippen molar-refractivity contribution >= 4 is 0 Å². The van der Waals surface area contributed by atoms with Crippen molar-refractivity contribution in [2.24, 2.45) is 11.1 Å². The van der Waals surface area contributed by atoms with Crippen LogP contribution in [0.25, 0.3) is 0 Å². The molecule has 0 atom stereocenters. The van der Waals surface area contributed by atoms with Gasteiger partial charge in [-0.05, 0) is 25.0 Å². The van der Waals surface area contributed by atoms with Gasteiger partial charge in [0.2, 0.25) is 0 Å². The molecule has 0 unspecified atom stereocenters. The Morgan fingerprint density at radius 3 is 2.47 bits per heavy atom. The van der Waals surface area contributed by atoms with Crippen LogP contribution in [0.4, 0.5) is 8.78 Å². The van der Waals surface area contributed by atoms with Gasteiger partial charge in [0, 0.05) is 12.1 Å². The third-order valence-electron chi connectivity index (χ3n) is 3.83. The molecule has 1 fully saturated rings. The monoisotopic (exact) mass is 241 g/mol. The first-order valence-electron chi connectivity index (χ1n) is 5.89. The summed E-state index contributed by atoms with van der Waals surface area (Å²) in [5, 5.41) is 9.31. The van der Waals surface area contributed by atoms with E-state index in [1.165, 1.54) is 18.2 Å². The number of benzene rings is 1. The predicted molar refractivity (Wildman–Crippen MR) is 62.0 cm³/mol. The smallest absolute Gasteiger partial charge is 0.280 e. The van der Waals surface area contributed by atoms with Gasteiger partial charge in [-0.25, -0.2) is 8.78 Å². The van der Waals surface area contributed by atoms with E-state index < -0.39 is 11.3 Å². The lowest BCUT2D eigenvalue weighted by atomic mass is 9.76. The second kappa shape index (κ2) is 4.26. The van der Waals surface area contributed by atoms with Gasteiger partial charge in [-0.15, -0.1) is 0 Å². The molecule has 0 aromatic heterocycles. The molecule has 94 valence electrons. The second-order valence-electron chi connectivity index (χ2n) is 4.82. The highest BCUT2D eigenvalue weighted by molar-refractivity contribution is 5.32. The van der Waals surface area contributed by atoms with Crippen molar-refractivity contribution in [3.05, 3.63) is 29.8 Å². The zero-order valence-electron chi connectivity index (χ0n) is 9.63. The quantitative estimate of drug-likeness (QED) is 0.854. The number of phenolic OH excluding ortho intramolecular Hbond substituents is 1. The van der Waals surface area contributed by atoms with Gasteiger partial charge in [0.15, 0.2) is 0 Å². The first-order valence-corrected chi connectivity index (χ1v) is 5.89. The topological polar surface area (TPSA) is 46.2 Å². The van der Waals surface area contributed by atoms with Crippen molar-refractivity contribution in [3.63, 3.8) is 0 Å². The molecule has 0 bridgehead atoms. The van der Waals surface area contributed by atoms with E-state index in [4.69, 9.17) is 5.73 Å². The fourth-order valence-electron chi connectivity index (χ4n) is 2.71. The van der Waals surface area contributed by atoms with Gasteiger partial charge in [-0.1, -0.05) is 25.0 Å². The van der Waals surface area contributed by atoms with E-state index in [2.05, 4.69) is 0 Å². The molecule has 0 radical (unpaired) electrons.